The summed E-state index contributed by atoms with van der Waals surface area (Å²) in [7, 11) is 0. The van der Waals surface area contributed by atoms with Crippen LogP contribution >= 0.6 is 0 Å². The highest BCUT2D eigenvalue weighted by Crippen LogP contribution is 2.22. The summed E-state index contributed by atoms with van der Waals surface area (Å²) in [5.41, 5.74) is 6.32. The van der Waals surface area contributed by atoms with Crippen LogP contribution in [0.25, 0.3) is 0 Å². The highest BCUT2D eigenvalue weighted by atomic mass is 19.1. The van der Waals surface area contributed by atoms with Gasteiger partial charge in [0.15, 0.2) is 0 Å². The number of amides is 1. The predicted octanol–water partition coefficient (Wildman–Crippen LogP) is 2.67. The Bertz CT molecular complexity index is 729. The Morgan fingerprint density at radius 3 is 2.62 bits per heavy atom. The van der Waals surface area contributed by atoms with E-state index in [1.165, 1.54) is 12.1 Å². The van der Waals surface area contributed by atoms with E-state index in [1.54, 1.807) is 19.1 Å². The lowest BCUT2D eigenvalue weighted by molar-refractivity contribution is 0.0697. The molecule has 0 radical (unpaired) electrons. The molecule has 0 heterocycles. The number of carbonyl (C=O) groups is 2. The molecule has 0 atom stereocenters. The quantitative estimate of drug-likeness (QED) is 0.757. The second kappa shape index (κ2) is 5.62. The summed E-state index contributed by atoms with van der Waals surface area (Å²) in [5, 5.41) is 11.6. The van der Waals surface area contributed by atoms with Crippen LogP contribution in [0.2, 0.25) is 0 Å². The molecular weight excluding hydrogens is 275 g/mol. The molecule has 0 saturated heterocycles. The number of rotatable bonds is 3. The molecule has 1 amide bonds. The van der Waals surface area contributed by atoms with Crippen molar-refractivity contribution in [3.63, 3.8) is 0 Å². The van der Waals surface area contributed by atoms with E-state index in [0.29, 0.717) is 5.56 Å². The first-order valence-corrected chi connectivity index (χ1v) is 6.09. The molecule has 2 rings (SSSR count). The minimum absolute atomic E-state index is 0.0131. The first-order chi connectivity index (χ1) is 9.90. The summed E-state index contributed by atoms with van der Waals surface area (Å²) in [6.45, 7) is 1.62. The van der Waals surface area contributed by atoms with Crippen molar-refractivity contribution in [1.29, 1.82) is 0 Å². The zero-order valence-electron chi connectivity index (χ0n) is 11.2. The lowest BCUT2D eigenvalue weighted by Gasteiger charge is -2.11. The molecule has 2 aromatic carbocycles. The fraction of sp³-hybridized carbons (Fsp3) is 0.0667. The Morgan fingerprint density at radius 2 is 1.95 bits per heavy atom. The molecule has 0 fully saturated rings. The van der Waals surface area contributed by atoms with Crippen molar-refractivity contribution in [3.05, 3.63) is 58.9 Å². The normalized spacial score (nSPS) is 10.2. The van der Waals surface area contributed by atoms with Crippen LogP contribution in [0.3, 0.4) is 0 Å². The van der Waals surface area contributed by atoms with Crippen LogP contribution in [0.4, 0.5) is 15.8 Å². The molecule has 0 spiro atoms. The number of nitrogen functional groups attached to an aromatic ring is 1. The molecular formula is C15H13FN2O3. The van der Waals surface area contributed by atoms with Crippen molar-refractivity contribution in [2.45, 2.75) is 6.92 Å². The number of carboxylic acid groups (broad SMARTS) is 1. The minimum Gasteiger partial charge on any atom is -0.478 e. The number of benzene rings is 2. The summed E-state index contributed by atoms with van der Waals surface area (Å²) < 4.78 is 13.2. The largest absolute Gasteiger partial charge is 0.478 e. The topological polar surface area (TPSA) is 92.4 Å². The summed E-state index contributed by atoms with van der Waals surface area (Å²) in [5.74, 6) is -2.42. The first kappa shape index (κ1) is 14.5. The second-order valence-electron chi connectivity index (χ2n) is 4.49. The van der Waals surface area contributed by atoms with Gasteiger partial charge in [-0.25, -0.2) is 9.18 Å². The summed E-state index contributed by atoms with van der Waals surface area (Å²) in [6.07, 6.45) is 0. The number of hydrogen-bond acceptors (Lipinski definition) is 3. The third-order valence-electron chi connectivity index (χ3n) is 2.99. The van der Waals surface area contributed by atoms with Crippen LogP contribution in [-0.4, -0.2) is 17.0 Å². The van der Waals surface area contributed by atoms with Crippen molar-refractivity contribution < 1.29 is 19.1 Å². The molecule has 2 aromatic rings. The van der Waals surface area contributed by atoms with Gasteiger partial charge >= 0.3 is 5.97 Å². The van der Waals surface area contributed by atoms with Gasteiger partial charge in [0.25, 0.3) is 5.91 Å². The van der Waals surface area contributed by atoms with Crippen LogP contribution in [0.15, 0.2) is 36.4 Å². The van der Waals surface area contributed by atoms with Gasteiger partial charge in [0.2, 0.25) is 0 Å². The van der Waals surface area contributed by atoms with Gasteiger partial charge < -0.3 is 16.2 Å². The SMILES string of the molecule is Cc1cccc(NC(=O)c2cc(F)ccc2N)c1C(=O)O. The van der Waals surface area contributed by atoms with Crippen LogP contribution < -0.4 is 11.1 Å². The van der Waals surface area contributed by atoms with E-state index in [4.69, 9.17) is 5.73 Å². The van der Waals surface area contributed by atoms with Gasteiger partial charge in [0.1, 0.15) is 5.82 Å². The lowest BCUT2D eigenvalue weighted by Crippen LogP contribution is -2.17. The first-order valence-electron chi connectivity index (χ1n) is 6.09. The summed E-state index contributed by atoms with van der Waals surface area (Å²) in [4.78, 5) is 23.4. The number of aromatic carboxylic acids is 1. The maximum Gasteiger partial charge on any atom is 0.338 e. The van der Waals surface area contributed by atoms with Crippen molar-refractivity contribution in [1.82, 2.24) is 0 Å². The average molecular weight is 288 g/mol. The van der Waals surface area contributed by atoms with Crippen LogP contribution in [0, 0.1) is 12.7 Å². The van der Waals surface area contributed by atoms with E-state index in [9.17, 15) is 19.1 Å². The van der Waals surface area contributed by atoms with Crippen molar-refractivity contribution in [2.75, 3.05) is 11.1 Å². The Morgan fingerprint density at radius 1 is 1.24 bits per heavy atom. The Hall–Kier alpha value is -2.89. The van der Waals surface area contributed by atoms with Crippen molar-refractivity contribution in [3.8, 4) is 0 Å². The number of carboxylic acids is 1. The summed E-state index contributed by atoms with van der Waals surface area (Å²) in [6, 6.07) is 8.12. The third kappa shape index (κ3) is 3.00. The fourth-order valence-electron chi connectivity index (χ4n) is 1.97. The third-order valence-corrected chi connectivity index (χ3v) is 2.99. The average Bonchev–Trinajstić information content (AvgIpc) is 2.41. The fourth-order valence-corrected chi connectivity index (χ4v) is 1.97. The molecule has 21 heavy (non-hydrogen) atoms. The lowest BCUT2D eigenvalue weighted by atomic mass is 10.1. The van der Waals surface area contributed by atoms with Gasteiger partial charge in [-0.2, -0.15) is 0 Å². The van der Waals surface area contributed by atoms with Gasteiger partial charge in [-0.15, -0.1) is 0 Å². The van der Waals surface area contributed by atoms with Crippen LogP contribution in [0.1, 0.15) is 26.3 Å². The smallest absolute Gasteiger partial charge is 0.338 e. The van der Waals surface area contributed by atoms with E-state index < -0.39 is 17.7 Å². The highest BCUT2D eigenvalue weighted by molar-refractivity contribution is 6.10. The molecule has 0 aliphatic rings. The van der Waals surface area contributed by atoms with Crippen LogP contribution in [-0.2, 0) is 0 Å². The van der Waals surface area contributed by atoms with Crippen molar-refractivity contribution >= 4 is 23.3 Å². The Labute approximate surface area is 120 Å². The molecule has 0 bridgehead atoms. The molecule has 0 saturated carbocycles. The van der Waals surface area contributed by atoms with Gasteiger partial charge in [-0.05, 0) is 36.8 Å². The van der Waals surface area contributed by atoms with Gasteiger partial charge in [-0.3, -0.25) is 4.79 Å². The van der Waals surface area contributed by atoms with Crippen molar-refractivity contribution in [2.24, 2.45) is 0 Å². The highest BCUT2D eigenvalue weighted by Gasteiger charge is 2.17. The molecule has 0 aliphatic heterocycles. The number of aryl methyl sites for hydroxylation is 1. The van der Waals surface area contributed by atoms with E-state index in [0.717, 1.165) is 12.1 Å². The van der Waals surface area contributed by atoms with Gasteiger partial charge in [0.05, 0.1) is 16.8 Å². The molecule has 0 aliphatic carbocycles. The van der Waals surface area contributed by atoms with E-state index in [-0.39, 0.29) is 22.5 Å². The number of halogens is 1. The second-order valence-corrected chi connectivity index (χ2v) is 4.49. The Kier molecular flexibility index (Phi) is 3.89. The predicted molar refractivity (Wildman–Crippen MR) is 76.9 cm³/mol. The monoisotopic (exact) mass is 288 g/mol. The Balaban J connectivity index is 2.39. The number of nitrogens with one attached hydrogen (secondary N) is 1. The number of anilines is 2. The van der Waals surface area contributed by atoms with E-state index >= 15 is 0 Å². The van der Waals surface area contributed by atoms with Gasteiger partial charge in [0, 0.05) is 5.69 Å². The zero-order valence-corrected chi connectivity index (χ0v) is 11.2. The van der Waals surface area contributed by atoms with E-state index in [2.05, 4.69) is 5.32 Å². The standard InChI is InChI=1S/C15H13FN2O3/c1-8-3-2-4-12(13(8)15(20)21)18-14(19)10-7-9(16)5-6-11(10)17/h2-7H,17H2,1H3,(H,18,19)(H,20,21). The van der Waals surface area contributed by atoms with E-state index in [1.807, 2.05) is 0 Å². The molecule has 5 nitrogen and oxygen atoms in total. The summed E-state index contributed by atoms with van der Waals surface area (Å²) >= 11 is 0. The molecule has 4 N–H and O–H groups in total. The maximum absolute atomic E-state index is 13.2. The maximum atomic E-state index is 13.2. The molecule has 6 heteroatoms. The minimum atomic E-state index is -1.16. The van der Waals surface area contributed by atoms with Gasteiger partial charge in [-0.1, -0.05) is 12.1 Å². The molecule has 0 unspecified atom stereocenters. The van der Waals surface area contributed by atoms with Crippen LogP contribution in [0.5, 0.6) is 0 Å². The zero-order chi connectivity index (χ0) is 15.6. The number of nitrogens with two attached hydrogens (primary N) is 1. The number of carbonyl (C=O) groups excluding carboxylic acids is 1. The number of hydrogen-bond donors (Lipinski definition) is 3. The molecule has 108 valence electrons. The molecule has 0 aromatic heterocycles.